The van der Waals surface area contributed by atoms with E-state index in [1.807, 2.05) is 0 Å². The first kappa shape index (κ1) is 8.93. The molecule has 5 heteroatoms. The molecule has 0 radical (unpaired) electrons. The van der Waals surface area contributed by atoms with Crippen molar-refractivity contribution < 1.29 is 18.7 Å². The molecule has 0 heterocycles. The van der Waals surface area contributed by atoms with Crippen LogP contribution >= 0.6 is 11.6 Å². The van der Waals surface area contributed by atoms with Crippen LogP contribution in [0.3, 0.4) is 0 Å². The van der Waals surface area contributed by atoms with Gasteiger partial charge in [-0.2, -0.15) is 0 Å². The van der Waals surface area contributed by atoms with Crippen molar-refractivity contribution in [2.45, 2.75) is 0 Å². The van der Waals surface area contributed by atoms with Crippen molar-refractivity contribution in [1.29, 1.82) is 0 Å². The number of carbonyl (C=O) groups is 1. The number of halogens is 3. The lowest BCUT2D eigenvalue weighted by atomic mass is 10.2. The van der Waals surface area contributed by atoms with E-state index >= 15 is 0 Å². The Bertz CT molecular complexity index is 339. The number of carbonyl (C=O) groups excluding carboxylic acids is 1. The molecule has 2 nitrogen and oxygen atoms in total. The van der Waals surface area contributed by atoms with E-state index in [1.54, 1.807) is 0 Å². The van der Waals surface area contributed by atoms with Gasteiger partial charge in [0, 0.05) is 6.07 Å². The molecule has 0 saturated carbocycles. The minimum Gasteiger partial charge on any atom is -0.507 e. The number of hydrogen-bond acceptors (Lipinski definition) is 2. The van der Waals surface area contributed by atoms with Crippen LogP contribution in [0.5, 0.6) is 5.75 Å². The van der Waals surface area contributed by atoms with Gasteiger partial charge in [0.15, 0.2) is 12.1 Å². The van der Waals surface area contributed by atoms with Gasteiger partial charge >= 0.3 is 0 Å². The van der Waals surface area contributed by atoms with Crippen molar-refractivity contribution in [2.75, 3.05) is 0 Å². The van der Waals surface area contributed by atoms with Crippen molar-refractivity contribution in [3.05, 3.63) is 28.3 Å². The second kappa shape index (κ2) is 3.06. The smallest absolute Gasteiger partial charge is 0.159 e. The SMILES string of the molecule is O=Cc1c(O)cc(F)c(Cl)c1F. The molecule has 12 heavy (non-hydrogen) atoms. The zero-order valence-corrected chi connectivity index (χ0v) is 6.40. The molecule has 0 atom stereocenters. The standard InChI is InChI=1S/C7H3ClF2O2/c8-6-4(9)1-5(12)3(2-11)7(6)10/h1-2,12H. The number of aromatic hydroxyl groups is 1. The molecule has 64 valence electrons. The third kappa shape index (κ3) is 1.25. The quantitative estimate of drug-likeness (QED) is 0.547. The lowest BCUT2D eigenvalue weighted by Crippen LogP contribution is -1.92. The van der Waals surface area contributed by atoms with Crippen LogP contribution in [0.2, 0.25) is 5.02 Å². The van der Waals surface area contributed by atoms with Gasteiger partial charge in [-0.25, -0.2) is 8.78 Å². The highest BCUT2D eigenvalue weighted by Gasteiger charge is 2.15. The van der Waals surface area contributed by atoms with Gasteiger partial charge in [-0.15, -0.1) is 0 Å². The van der Waals surface area contributed by atoms with E-state index in [2.05, 4.69) is 0 Å². The van der Waals surface area contributed by atoms with Gasteiger partial charge < -0.3 is 5.11 Å². The molecule has 0 aliphatic heterocycles. The highest BCUT2D eigenvalue weighted by molar-refractivity contribution is 6.31. The van der Waals surface area contributed by atoms with E-state index in [9.17, 15) is 13.6 Å². The number of phenolic OH excluding ortho intramolecular Hbond substituents is 1. The first-order chi connectivity index (χ1) is 5.57. The van der Waals surface area contributed by atoms with E-state index in [-0.39, 0.29) is 6.29 Å². The van der Waals surface area contributed by atoms with E-state index in [0.29, 0.717) is 6.07 Å². The largest absolute Gasteiger partial charge is 0.507 e. The molecule has 0 bridgehead atoms. The van der Waals surface area contributed by atoms with Crippen molar-refractivity contribution in [2.24, 2.45) is 0 Å². The zero-order chi connectivity index (χ0) is 9.30. The molecule has 0 aliphatic carbocycles. The summed E-state index contributed by atoms with van der Waals surface area (Å²) < 4.78 is 25.3. The van der Waals surface area contributed by atoms with Crippen LogP contribution in [-0.2, 0) is 0 Å². The zero-order valence-electron chi connectivity index (χ0n) is 5.64. The maximum atomic E-state index is 12.8. The predicted octanol–water partition coefficient (Wildman–Crippen LogP) is 2.14. The summed E-state index contributed by atoms with van der Waals surface area (Å²) in [6.45, 7) is 0. The molecule has 1 rings (SSSR count). The van der Waals surface area contributed by atoms with Gasteiger partial charge in [0.2, 0.25) is 0 Å². The van der Waals surface area contributed by atoms with Gasteiger partial charge in [-0.1, -0.05) is 11.6 Å². The lowest BCUT2D eigenvalue weighted by molar-refractivity contribution is 0.111. The molecule has 1 N–H and O–H groups in total. The Kier molecular flexibility index (Phi) is 2.28. The van der Waals surface area contributed by atoms with Crippen LogP contribution in [0, 0.1) is 11.6 Å². The van der Waals surface area contributed by atoms with E-state index < -0.39 is 28.0 Å². The van der Waals surface area contributed by atoms with Gasteiger partial charge in [0.1, 0.15) is 16.6 Å². The number of hydrogen-bond donors (Lipinski definition) is 1. The highest BCUT2D eigenvalue weighted by Crippen LogP contribution is 2.27. The molecule has 0 spiro atoms. The molecule has 0 fully saturated rings. The molecule has 0 aromatic heterocycles. The maximum Gasteiger partial charge on any atom is 0.159 e. The Balaban J connectivity index is 3.51. The molecule has 1 aromatic carbocycles. The Morgan fingerprint density at radius 3 is 2.58 bits per heavy atom. The second-order valence-electron chi connectivity index (χ2n) is 2.04. The van der Waals surface area contributed by atoms with Crippen LogP contribution in [0.1, 0.15) is 10.4 Å². The molecule has 1 aromatic rings. The highest BCUT2D eigenvalue weighted by atomic mass is 35.5. The molecule has 0 aliphatic rings. The summed E-state index contributed by atoms with van der Waals surface area (Å²) in [4.78, 5) is 10.1. The van der Waals surface area contributed by atoms with Crippen LogP contribution in [0.4, 0.5) is 8.78 Å². The summed E-state index contributed by atoms with van der Waals surface area (Å²) in [6, 6.07) is 0.579. The summed E-state index contributed by atoms with van der Waals surface area (Å²) >= 11 is 5.11. The van der Waals surface area contributed by atoms with Gasteiger partial charge in [-0.3, -0.25) is 4.79 Å². The van der Waals surface area contributed by atoms with Gasteiger partial charge in [0.05, 0.1) is 5.56 Å². The first-order valence-corrected chi connectivity index (χ1v) is 3.27. The third-order valence-electron chi connectivity index (χ3n) is 1.30. The van der Waals surface area contributed by atoms with E-state index in [1.165, 1.54) is 0 Å². The fraction of sp³-hybridized carbons (Fsp3) is 0. The number of phenols is 1. The van der Waals surface area contributed by atoms with Gasteiger partial charge in [-0.05, 0) is 0 Å². The van der Waals surface area contributed by atoms with Crippen LogP contribution < -0.4 is 0 Å². The molecule has 0 amide bonds. The fourth-order valence-electron chi connectivity index (χ4n) is 0.709. The summed E-state index contributed by atoms with van der Waals surface area (Å²) in [5.74, 6) is -3.11. The topological polar surface area (TPSA) is 37.3 Å². The monoisotopic (exact) mass is 192 g/mol. The summed E-state index contributed by atoms with van der Waals surface area (Å²) in [6.07, 6.45) is 0.0655. The number of rotatable bonds is 1. The first-order valence-electron chi connectivity index (χ1n) is 2.89. The number of benzene rings is 1. The Morgan fingerprint density at radius 2 is 2.08 bits per heavy atom. The fourth-order valence-corrected chi connectivity index (χ4v) is 0.865. The maximum absolute atomic E-state index is 12.8. The normalized spacial score (nSPS) is 9.92. The van der Waals surface area contributed by atoms with Crippen LogP contribution in [0.25, 0.3) is 0 Å². The average molecular weight is 193 g/mol. The summed E-state index contributed by atoms with van der Waals surface area (Å²) in [5.41, 5.74) is -0.638. The molecular formula is C7H3ClF2O2. The number of aldehydes is 1. The molecule has 0 unspecified atom stereocenters. The van der Waals surface area contributed by atoms with E-state index in [0.717, 1.165) is 0 Å². The predicted molar refractivity (Wildman–Crippen MR) is 38.4 cm³/mol. The summed E-state index contributed by atoms with van der Waals surface area (Å²) in [5, 5.41) is 8.03. The van der Waals surface area contributed by atoms with Crippen molar-refractivity contribution in [1.82, 2.24) is 0 Å². The van der Waals surface area contributed by atoms with Crippen LogP contribution in [0.15, 0.2) is 6.07 Å². The Morgan fingerprint density at radius 1 is 1.50 bits per heavy atom. The van der Waals surface area contributed by atoms with Crippen molar-refractivity contribution in [3.8, 4) is 5.75 Å². The van der Waals surface area contributed by atoms with Gasteiger partial charge in [0.25, 0.3) is 0 Å². The third-order valence-corrected chi connectivity index (χ3v) is 1.64. The second-order valence-corrected chi connectivity index (χ2v) is 2.41. The minimum absolute atomic E-state index is 0.0655. The Labute approximate surface area is 71.4 Å². The Hall–Kier alpha value is -1.16. The van der Waals surface area contributed by atoms with Crippen LogP contribution in [-0.4, -0.2) is 11.4 Å². The van der Waals surface area contributed by atoms with E-state index in [4.69, 9.17) is 16.7 Å². The average Bonchev–Trinajstić information content (AvgIpc) is 2.01. The minimum atomic E-state index is -1.25. The lowest BCUT2D eigenvalue weighted by Gasteiger charge is -2.01. The summed E-state index contributed by atoms with van der Waals surface area (Å²) in [7, 11) is 0. The van der Waals surface area contributed by atoms with Crippen molar-refractivity contribution in [3.63, 3.8) is 0 Å². The molecular weight excluding hydrogens is 190 g/mol. The van der Waals surface area contributed by atoms with Crippen molar-refractivity contribution >= 4 is 17.9 Å². The molecule has 0 saturated heterocycles.